The molecule has 2 heteroatoms. The molecule has 0 amide bonds. The topological polar surface area (TPSA) is 13.1 Å². The van der Waals surface area contributed by atoms with Gasteiger partial charge in [0.2, 0.25) is 0 Å². The van der Waals surface area contributed by atoms with E-state index >= 15 is 0 Å². The molecule has 0 aliphatic rings. The molecule has 0 aliphatic carbocycles. The third kappa shape index (κ3) is 1.44. The van der Waals surface area contributed by atoms with E-state index in [1.54, 1.807) is 0 Å². The fourth-order valence-corrected chi connectivity index (χ4v) is 1.88. The van der Waals surface area contributed by atoms with Crippen molar-refractivity contribution in [1.82, 2.24) is 0 Å². The molecule has 0 unspecified atom stereocenters. The standard InChI is InChI=1S/C12H11ClO/c1-2-5-11-10(8-13)9-6-3-4-7-12(9)14-11/h2-4,6-7H,1,5,8H2. The first-order chi connectivity index (χ1) is 6.86. The van der Waals surface area contributed by atoms with Gasteiger partial charge in [0.05, 0.1) is 5.88 Å². The summed E-state index contributed by atoms with van der Waals surface area (Å²) in [6.45, 7) is 3.70. The SMILES string of the molecule is C=CCc1oc2ccccc2c1CCl. The molecule has 14 heavy (non-hydrogen) atoms. The molecule has 2 aromatic rings. The second-order valence-electron chi connectivity index (χ2n) is 3.13. The third-order valence-corrected chi connectivity index (χ3v) is 2.51. The van der Waals surface area contributed by atoms with Gasteiger partial charge < -0.3 is 4.42 Å². The normalized spacial score (nSPS) is 10.6. The van der Waals surface area contributed by atoms with Crippen molar-refractivity contribution in [2.24, 2.45) is 0 Å². The quantitative estimate of drug-likeness (QED) is 0.549. The van der Waals surface area contributed by atoms with E-state index in [4.69, 9.17) is 16.0 Å². The van der Waals surface area contributed by atoms with Crippen LogP contribution in [-0.2, 0) is 12.3 Å². The zero-order valence-corrected chi connectivity index (χ0v) is 8.55. The molecule has 72 valence electrons. The Labute approximate surface area is 88.0 Å². The second kappa shape index (κ2) is 3.89. The van der Waals surface area contributed by atoms with Crippen LogP contribution in [0, 0.1) is 0 Å². The minimum absolute atomic E-state index is 0.486. The number of hydrogen-bond acceptors (Lipinski definition) is 1. The van der Waals surface area contributed by atoms with Gasteiger partial charge in [-0.2, -0.15) is 0 Å². The highest BCUT2D eigenvalue weighted by atomic mass is 35.5. The van der Waals surface area contributed by atoms with Gasteiger partial charge >= 0.3 is 0 Å². The molecule has 2 rings (SSSR count). The number of halogens is 1. The average molecular weight is 207 g/mol. The highest BCUT2D eigenvalue weighted by Crippen LogP contribution is 2.27. The Kier molecular flexibility index (Phi) is 2.60. The maximum absolute atomic E-state index is 5.89. The molecule has 0 bridgehead atoms. The lowest BCUT2D eigenvalue weighted by Gasteiger charge is -1.93. The Hall–Kier alpha value is -1.21. The second-order valence-corrected chi connectivity index (χ2v) is 3.39. The molecule has 1 aromatic carbocycles. The van der Waals surface area contributed by atoms with Crippen LogP contribution in [0.2, 0.25) is 0 Å². The Morgan fingerprint density at radius 2 is 2.14 bits per heavy atom. The van der Waals surface area contributed by atoms with Crippen LogP contribution in [0.15, 0.2) is 41.3 Å². The van der Waals surface area contributed by atoms with Gasteiger partial charge in [0, 0.05) is 17.4 Å². The highest BCUT2D eigenvalue weighted by molar-refractivity contribution is 6.18. The number of benzene rings is 1. The Morgan fingerprint density at radius 1 is 1.36 bits per heavy atom. The minimum atomic E-state index is 0.486. The van der Waals surface area contributed by atoms with Gasteiger partial charge in [0.25, 0.3) is 0 Å². The highest BCUT2D eigenvalue weighted by Gasteiger charge is 2.10. The Bertz CT molecular complexity index is 456. The van der Waals surface area contributed by atoms with E-state index in [0.717, 1.165) is 28.7 Å². The molecule has 1 nitrogen and oxygen atoms in total. The number of allylic oxidation sites excluding steroid dienone is 1. The summed E-state index contributed by atoms with van der Waals surface area (Å²) in [7, 11) is 0. The smallest absolute Gasteiger partial charge is 0.134 e. The van der Waals surface area contributed by atoms with Crippen LogP contribution in [0.5, 0.6) is 0 Å². The van der Waals surface area contributed by atoms with Crippen molar-refractivity contribution < 1.29 is 4.42 Å². The monoisotopic (exact) mass is 206 g/mol. The zero-order valence-electron chi connectivity index (χ0n) is 7.79. The van der Waals surface area contributed by atoms with Crippen molar-refractivity contribution in [2.75, 3.05) is 0 Å². The lowest BCUT2D eigenvalue weighted by Crippen LogP contribution is -1.83. The van der Waals surface area contributed by atoms with E-state index in [1.165, 1.54) is 0 Å². The van der Waals surface area contributed by atoms with Crippen LogP contribution in [0.1, 0.15) is 11.3 Å². The Balaban J connectivity index is 2.65. The van der Waals surface area contributed by atoms with Crippen LogP contribution in [0.3, 0.4) is 0 Å². The maximum atomic E-state index is 5.89. The number of hydrogen-bond donors (Lipinski definition) is 0. The molecule has 0 aliphatic heterocycles. The third-order valence-electron chi connectivity index (χ3n) is 2.25. The van der Waals surface area contributed by atoms with Gasteiger partial charge in [-0.3, -0.25) is 0 Å². The first kappa shape index (κ1) is 9.35. The lowest BCUT2D eigenvalue weighted by molar-refractivity contribution is 0.561. The van der Waals surface area contributed by atoms with Crippen LogP contribution in [0.25, 0.3) is 11.0 Å². The van der Waals surface area contributed by atoms with Gasteiger partial charge in [-0.05, 0) is 6.07 Å². The van der Waals surface area contributed by atoms with Crippen molar-refractivity contribution in [1.29, 1.82) is 0 Å². The zero-order chi connectivity index (χ0) is 9.97. The molecule has 0 radical (unpaired) electrons. The Morgan fingerprint density at radius 3 is 2.86 bits per heavy atom. The van der Waals surface area contributed by atoms with E-state index in [0.29, 0.717) is 5.88 Å². The molecule has 0 spiro atoms. The fraction of sp³-hybridized carbons (Fsp3) is 0.167. The molecule has 1 heterocycles. The van der Waals surface area contributed by atoms with Crippen molar-refractivity contribution in [3.05, 3.63) is 48.2 Å². The summed E-state index contributed by atoms with van der Waals surface area (Å²) in [6.07, 6.45) is 2.56. The predicted octanol–water partition coefficient (Wildman–Crippen LogP) is 3.90. The van der Waals surface area contributed by atoms with Gasteiger partial charge in [-0.25, -0.2) is 0 Å². The predicted molar refractivity (Wildman–Crippen MR) is 59.7 cm³/mol. The van der Waals surface area contributed by atoms with E-state index in [1.807, 2.05) is 30.3 Å². The van der Waals surface area contributed by atoms with Crippen LogP contribution >= 0.6 is 11.6 Å². The van der Waals surface area contributed by atoms with Crippen LogP contribution in [0.4, 0.5) is 0 Å². The van der Waals surface area contributed by atoms with E-state index in [-0.39, 0.29) is 0 Å². The first-order valence-electron chi connectivity index (χ1n) is 4.53. The molecule has 0 N–H and O–H groups in total. The molecule has 0 atom stereocenters. The van der Waals surface area contributed by atoms with Crippen molar-refractivity contribution in [3.63, 3.8) is 0 Å². The number of rotatable bonds is 3. The summed E-state index contributed by atoms with van der Waals surface area (Å²) in [5.41, 5.74) is 1.99. The summed E-state index contributed by atoms with van der Waals surface area (Å²) < 4.78 is 5.67. The number of alkyl halides is 1. The largest absolute Gasteiger partial charge is 0.460 e. The number of para-hydroxylation sites is 1. The summed E-state index contributed by atoms with van der Waals surface area (Å²) in [5, 5.41) is 1.11. The lowest BCUT2D eigenvalue weighted by atomic mass is 10.1. The molecular formula is C12H11ClO. The van der Waals surface area contributed by atoms with Crippen molar-refractivity contribution in [2.45, 2.75) is 12.3 Å². The van der Waals surface area contributed by atoms with E-state index in [2.05, 4.69) is 6.58 Å². The molecule has 0 saturated carbocycles. The number of fused-ring (bicyclic) bond motifs is 1. The number of furan rings is 1. The first-order valence-corrected chi connectivity index (χ1v) is 5.06. The average Bonchev–Trinajstić information content (AvgIpc) is 2.55. The van der Waals surface area contributed by atoms with Crippen LogP contribution < -0.4 is 0 Å². The van der Waals surface area contributed by atoms with Gasteiger partial charge in [-0.15, -0.1) is 18.2 Å². The summed E-state index contributed by atoms with van der Waals surface area (Å²) in [5.74, 6) is 1.41. The van der Waals surface area contributed by atoms with Gasteiger partial charge in [-0.1, -0.05) is 24.3 Å². The van der Waals surface area contributed by atoms with E-state index in [9.17, 15) is 0 Å². The van der Waals surface area contributed by atoms with Crippen molar-refractivity contribution in [3.8, 4) is 0 Å². The molecular weight excluding hydrogens is 196 g/mol. The summed E-state index contributed by atoms with van der Waals surface area (Å²) in [4.78, 5) is 0. The fourth-order valence-electron chi connectivity index (χ4n) is 1.59. The molecule has 1 aromatic heterocycles. The minimum Gasteiger partial charge on any atom is -0.460 e. The van der Waals surface area contributed by atoms with Gasteiger partial charge in [0.1, 0.15) is 11.3 Å². The van der Waals surface area contributed by atoms with Crippen molar-refractivity contribution >= 4 is 22.6 Å². The summed E-state index contributed by atoms with van der Waals surface area (Å²) in [6, 6.07) is 7.94. The van der Waals surface area contributed by atoms with Gasteiger partial charge in [0.15, 0.2) is 0 Å². The van der Waals surface area contributed by atoms with E-state index < -0.39 is 0 Å². The maximum Gasteiger partial charge on any atom is 0.134 e. The van der Waals surface area contributed by atoms with Crippen LogP contribution in [-0.4, -0.2) is 0 Å². The molecule has 0 saturated heterocycles. The molecule has 0 fully saturated rings. The summed E-state index contributed by atoms with van der Waals surface area (Å²) >= 11 is 5.89.